The molecule has 1 amide bonds. The molecule has 3 aliphatic rings. The van der Waals surface area contributed by atoms with Crippen molar-refractivity contribution in [3.05, 3.63) is 0 Å². The molecule has 1 saturated carbocycles. The van der Waals surface area contributed by atoms with Crippen LogP contribution in [0.25, 0.3) is 0 Å². The van der Waals surface area contributed by atoms with Crippen molar-refractivity contribution < 1.29 is 4.79 Å². The lowest BCUT2D eigenvalue weighted by Gasteiger charge is -2.42. The van der Waals surface area contributed by atoms with E-state index in [2.05, 4.69) is 20.6 Å². The third-order valence-electron chi connectivity index (χ3n) is 4.10. The number of hydrazine groups is 1. The van der Waals surface area contributed by atoms with Crippen molar-refractivity contribution in [3.8, 4) is 0 Å². The number of fused-ring (bicyclic) bond motifs is 1. The van der Waals surface area contributed by atoms with Crippen molar-refractivity contribution in [2.45, 2.75) is 44.2 Å². The molecule has 0 aromatic heterocycles. The largest absolute Gasteiger partial charge is 0.353 e. The first kappa shape index (κ1) is 11.8. The molecule has 0 radical (unpaired) electrons. The number of nitrogens with one attached hydrogen (secondary N) is 2. The molecule has 3 rings (SSSR count). The maximum atomic E-state index is 11.4. The summed E-state index contributed by atoms with van der Waals surface area (Å²) in [5.74, 6) is 7.14. The van der Waals surface area contributed by atoms with Gasteiger partial charge >= 0.3 is 0 Å². The Hall–Kier alpha value is -1.30. The van der Waals surface area contributed by atoms with Crippen LogP contribution in [0.5, 0.6) is 0 Å². The van der Waals surface area contributed by atoms with Crippen LogP contribution in [0.3, 0.4) is 0 Å². The van der Waals surface area contributed by atoms with E-state index in [1.165, 1.54) is 12.8 Å². The van der Waals surface area contributed by atoms with Crippen LogP contribution in [0.4, 0.5) is 0 Å². The third-order valence-corrected chi connectivity index (χ3v) is 4.10. The number of aliphatic imine (C=N–C) groups is 1. The van der Waals surface area contributed by atoms with E-state index in [0.29, 0.717) is 24.4 Å². The number of carbonyl (C=O) groups is 1. The molecule has 0 aromatic rings. The summed E-state index contributed by atoms with van der Waals surface area (Å²) in [5, 5.41) is 3.09. The van der Waals surface area contributed by atoms with E-state index in [-0.39, 0.29) is 5.91 Å². The minimum Gasteiger partial charge on any atom is -0.353 e. The van der Waals surface area contributed by atoms with E-state index in [1.54, 1.807) is 0 Å². The second-order valence-corrected chi connectivity index (χ2v) is 5.54. The third kappa shape index (κ3) is 2.43. The van der Waals surface area contributed by atoms with Gasteiger partial charge in [-0.25, -0.2) is 10.8 Å². The minimum atomic E-state index is 0.202. The summed E-state index contributed by atoms with van der Waals surface area (Å²) >= 11 is 0. The van der Waals surface area contributed by atoms with Crippen LogP contribution in [0.2, 0.25) is 0 Å². The molecule has 6 heteroatoms. The van der Waals surface area contributed by atoms with Gasteiger partial charge in [-0.2, -0.15) is 0 Å². The van der Waals surface area contributed by atoms with Crippen molar-refractivity contribution >= 4 is 11.9 Å². The van der Waals surface area contributed by atoms with Crippen LogP contribution in [0.15, 0.2) is 4.99 Å². The molecule has 3 fully saturated rings. The van der Waals surface area contributed by atoms with Crippen LogP contribution in [0, 0.1) is 5.92 Å². The van der Waals surface area contributed by atoms with Crippen molar-refractivity contribution in [3.63, 3.8) is 0 Å². The number of rotatable bonds is 1. The summed E-state index contributed by atoms with van der Waals surface area (Å²) in [4.78, 5) is 18.2. The van der Waals surface area contributed by atoms with Crippen molar-refractivity contribution in [1.82, 2.24) is 15.6 Å². The molecule has 100 valence electrons. The summed E-state index contributed by atoms with van der Waals surface area (Å²) in [7, 11) is 0. The Labute approximate surface area is 107 Å². The number of piperidine rings is 2. The smallest absolute Gasteiger partial charge is 0.220 e. The molecule has 6 nitrogen and oxygen atoms in total. The lowest BCUT2D eigenvalue weighted by Crippen LogP contribution is -2.57. The fourth-order valence-corrected chi connectivity index (χ4v) is 2.89. The lowest BCUT2D eigenvalue weighted by atomic mass is 9.85. The molecule has 2 saturated heterocycles. The number of nitrogens with zero attached hydrogens (tertiary/aromatic N) is 2. The fourth-order valence-electron chi connectivity index (χ4n) is 2.89. The Balaban J connectivity index is 1.64. The number of amides is 1. The van der Waals surface area contributed by atoms with E-state index in [0.717, 1.165) is 31.9 Å². The van der Waals surface area contributed by atoms with E-state index in [1.807, 2.05) is 0 Å². The predicted octanol–water partition coefficient (Wildman–Crippen LogP) is -0.431. The van der Waals surface area contributed by atoms with Gasteiger partial charge in [-0.15, -0.1) is 0 Å². The number of hydrogen-bond acceptors (Lipinski definition) is 3. The quantitative estimate of drug-likeness (QED) is 0.255. The summed E-state index contributed by atoms with van der Waals surface area (Å²) in [6.45, 7) is 1.86. The molecule has 2 atom stereocenters. The zero-order valence-electron chi connectivity index (χ0n) is 10.6. The van der Waals surface area contributed by atoms with Gasteiger partial charge in [0.2, 0.25) is 11.9 Å². The van der Waals surface area contributed by atoms with E-state index >= 15 is 0 Å². The topological polar surface area (TPSA) is 82.8 Å². The van der Waals surface area contributed by atoms with Gasteiger partial charge < -0.3 is 10.2 Å². The molecule has 2 aliphatic heterocycles. The minimum absolute atomic E-state index is 0.202. The van der Waals surface area contributed by atoms with E-state index in [4.69, 9.17) is 5.84 Å². The zero-order chi connectivity index (χ0) is 12.5. The average Bonchev–Trinajstić information content (AvgIpc) is 3.19. The van der Waals surface area contributed by atoms with Crippen LogP contribution in [-0.4, -0.2) is 41.9 Å². The zero-order valence-corrected chi connectivity index (χ0v) is 10.6. The highest BCUT2D eigenvalue weighted by Gasteiger charge is 2.35. The van der Waals surface area contributed by atoms with Crippen molar-refractivity contribution in [1.29, 1.82) is 0 Å². The second-order valence-electron chi connectivity index (χ2n) is 5.54. The van der Waals surface area contributed by atoms with Crippen molar-refractivity contribution in [2.24, 2.45) is 16.8 Å². The average molecular weight is 251 g/mol. The number of carbonyl (C=O) groups excluding carboxylic acids is 1. The summed E-state index contributed by atoms with van der Waals surface area (Å²) in [5.41, 5.74) is 2.74. The van der Waals surface area contributed by atoms with E-state index in [9.17, 15) is 4.79 Å². The predicted molar refractivity (Wildman–Crippen MR) is 68.6 cm³/mol. The molecule has 1 aliphatic carbocycles. The molecule has 0 spiro atoms. The van der Waals surface area contributed by atoms with Crippen LogP contribution >= 0.6 is 0 Å². The molecule has 2 heterocycles. The van der Waals surface area contributed by atoms with Gasteiger partial charge in [0.15, 0.2) is 0 Å². The monoisotopic (exact) mass is 251 g/mol. The molecule has 0 aromatic carbocycles. The van der Waals surface area contributed by atoms with Gasteiger partial charge in [0.1, 0.15) is 0 Å². The highest BCUT2D eigenvalue weighted by Crippen LogP contribution is 2.27. The number of likely N-dealkylation sites (tertiary alicyclic amines) is 1. The fraction of sp³-hybridized carbons (Fsp3) is 0.833. The summed E-state index contributed by atoms with van der Waals surface area (Å²) in [6.07, 6.45) is 4.98. The van der Waals surface area contributed by atoms with Gasteiger partial charge in [-0.3, -0.25) is 10.2 Å². The Morgan fingerprint density at radius 2 is 2.22 bits per heavy atom. The highest BCUT2D eigenvalue weighted by atomic mass is 16.1. The highest BCUT2D eigenvalue weighted by molar-refractivity contribution is 5.80. The first-order chi connectivity index (χ1) is 8.76. The first-order valence-corrected chi connectivity index (χ1v) is 6.85. The normalized spacial score (nSPS) is 32.8. The Morgan fingerprint density at radius 1 is 1.39 bits per heavy atom. The van der Waals surface area contributed by atoms with Gasteiger partial charge in [-0.05, 0) is 31.6 Å². The first-order valence-electron chi connectivity index (χ1n) is 6.85. The maximum absolute atomic E-state index is 11.4. The second kappa shape index (κ2) is 4.76. The maximum Gasteiger partial charge on any atom is 0.220 e. The van der Waals surface area contributed by atoms with Crippen molar-refractivity contribution in [2.75, 3.05) is 13.1 Å². The summed E-state index contributed by atoms with van der Waals surface area (Å²) < 4.78 is 0. The van der Waals surface area contributed by atoms with Gasteiger partial charge in [0.25, 0.3) is 0 Å². The lowest BCUT2D eigenvalue weighted by molar-refractivity contribution is -0.125. The SMILES string of the molecule is NNC(=NC1CC1)N1CCC2NC(=O)CCC2C1. The molecular weight excluding hydrogens is 230 g/mol. The molecule has 0 bridgehead atoms. The Kier molecular flexibility index (Phi) is 3.11. The van der Waals surface area contributed by atoms with Gasteiger partial charge in [-0.1, -0.05) is 0 Å². The van der Waals surface area contributed by atoms with Gasteiger partial charge in [0, 0.05) is 25.6 Å². The van der Waals surface area contributed by atoms with Crippen LogP contribution in [0.1, 0.15) is 32.1 Å². The molecule has 2 unspecified atom stereocenters. The Morgan fingerprint density at radius 3 is 2.94 bits per heavy atom. The Bertz CT molecular complexity index is 365. The van der Waals surface area contributed by atoms with E-state index < -0.39 is 0 Å². The number of nitrogens with two attached hydrogens (primary N) is 1. The molecule has 4 N–H and O–H groups in total. The standard InChI is InChI=1S/C12H21N5O/c13-16-12(14-9-2-3-9)17-6-5-10-8(7-17)1-4-11(18)15-10/h8-10H,1-7,13H2,(H,14,16)(H,15,18). The van der Waals surface area contributed by atoms with Crippen LogP contribution in [-0.2, 0) is 4.79 Å². The van der Waals surface area contributed by atoms with Gasteiger partial charge in [0.05, 0.1) is 6.04 Å². The number of hydrogen-bond donors (Lipinski definition) is 3. The molecular formula is C12H21N5O. The van der Waals surface area contributed by atoms with Crippen LogP contribution < -0.4 is 16.6 Å². The molecule has 18 heavy (non-hydrogen) atoms. The summed E-state index contributed by atoms with van der Waals surface area (Å²) in [6, 6.07) is 0.822. The number of guanidine groups is 1.